The molecular formula is C27H31N3O3S. The minimum absolute atomic E-state index is 0.0000873. The van der Waals surface area contributed by atoms with Gasteiger partial charge in [0.15, 0.2) is 10.9 Å². The van der Waals surface area contributed by atoms with E-state index in [1.807, 2.05) is 6.07 Å². The molecule has 2 aromatic rings. The van der Waals surface area contributed by atoms with Crippen LogP contribution in [0, 0.1) is 0 Å². The molecule has 178 valence electrons. The van der Waals surface area contributed by atoms with Gasteiger partial charge in [-0.05, 0) is 54.7 Å². The van der Waals surface area contributed by atoms with Crippen LogP contribution in [0.1, 0.15) is 67.4 Å². The number of aliphatic imine (C=N–C) groups is 1. The van der Waals surface area contributed by atoms with Gasteiger partial charge in [0.2, 0.25) is 0 Å². The van der Waals surface area contributed by atoms with Crippen molar-refractivity contribution in [3.8, 4) is 0 Å². The quantitative estimate of drug-likeness (QED) is 0.465. The van der Waals surface area contributed by atoms with Gasteiger partial charge >= 0.3 is 0 Å². The summed E-state index contributed by atoms with van der Waals surface area (Å²) in [7, 11) is 0. The fourth-order valence-electron chi connectivity index (χ4n) is 5.44. The number of ketones is 1. The number of hydrogen-bond acceptors (Lipinski definition) is 5. The number of furan rings is 1. The maximum Gasteiger partial charge on any atom is 0.169 e. The van der Waals surface area contributed by atoms with Gasteiger partial charge in [0.05, 0.1) is 24.4 Å². The van der Waals surface area contributed by atoms with Crippen LogP contribution in [0.4, 0.5) is 0 Å². The summed E-state index contributed by atoms with van der Waals surface area (Å²) in [5, 5.41) is 15.0. The number of carbonyl (C=O) groups is 1. The van der Waals surface area contributed by atoms with Crippen molar-refractivity contribution < 1.29 is 14.3 Å². The highest BCUT2D eigenvalue weighted by molar-refractivity contribution is 7.80. The molecule has 2 aliphatic carbocycles. The molecule has 34 heavy (non-hydrogen) atoms. The standard InChI is InChI=1S/C27H31N3O3S/c31-24-14-19(26-10-5-13-33-26)15-25(32)22(24)16-28-17-23-21-9-4-1-6-18(21)11-12-30(23)27(34)29-20-7-2-3-8-20/h1,4-6,9-10,13,16,19-20,23,31H,2-3,7-8,11-12,14-15,17H2,(H,29,34)/t19?,23-/m1/s1. The first kappa shape index (κ1) is 22.8. The maximum absolute atomic E-state index is 12.8. The molecule has 7 heteroatoms. The van der Waals surface area contributed by atoms with E-state index in [1.165, 1.54) is 36.8 Å². The zero-order valence-electron chi connectivity index (χ0n) is 19.3. The Morgan fingerprint density at radius 3 is 2.79 bits per heavy atom. The van der Waals surface area contributed by atoms with Gasteiger partial charge < -0.3 is 19.7 Å². The molecule has 2 atom stereocenters. The number of thiocarbonyl (C=S) groups is 1. The Morgan fingerprint density at radius 2 is 2.03 bits per heavy atom. The molecule has 1 aliphatic heterocycles. The van der Waals surface area contributed by atoms with E-state index in [4.69, 9.17) is 16.6 Å². The molecule has 0 saturated heterocycles. The predicted octanol–water partition coefficient (Wildman–Crippen LogP) is 5.03. The van der Waals surface area contributed by atoms with Crippen molar-refractivity contribution in [2.24, 2.45) is 4.99 Å². The first-order chi connectivity index (χ1) is 16.6. The van der Waals surface area contributed by atoms with E-state index in [9.17, 15) is 9.90 Å². The molecule has 2 heterocycles. The maximum atomic E-state index is 12.8. The van der Waals surface area contributed by atoms with Gasteiger partial charge in [-0.15, -0.1) is 0 Å². The highest BCUT2D eigenvalue weighted by atomic mass is 32.1. The average Bonchev–Trinajstić information content (AvgIpc) is 3.55. The second-order valence-electron chi connectivity index (χ2n) is 9.49. The summed E-state index contributed by atoms with van der Waals surface area (Å²) in [4.78, 5) is 19.7. The Balaban J connectivity index is 1.32. The van der Waals surface area contributed by atoms with Crippen LogP contribution in [0.2, 0.25) is 0 Å². The summed E-state index contributed by atoms with van der Waals surface area (Å²) >= 11 is 5.83. The fourth-order valence-corrected chi connectivity index (χ4v) is 5.83. The molecule has 3 aliphatic rings. The number of carbonyl (C=O) groups excluding carboxylic acids is 1. The lowest BCUT2D eigenvalue weighted by molar-refractivity contribution is -0.116. The van der Waals surface area contributed by atoms with Crippen molar-refractivity contribution in [2.45, 2.75) is 62.9 Å². The van der Waals surface area contributed by atoms with Crippen LogP contribution >= 0.6 is 12.2 Å². The first-order valence-electron chi connectivity index (χ1n) is 12.2. The minimum Gasteiger partial charge on any atom is -0.511 e. The topological polar surface area (TPSA) is 78.1 Å². The number of fused-ring (bicyclic) bond motifs is 1. The molecule has 1 unspecified atom stereocenters. The van der Waals surface area contributed by atoms with Gasteiger partial charge in [-0.2, -0.15) is 0 Å². The molecule has 0 radical (unpaired) electrons. The van der Waals surface area contributed by atoms with E-state index >= 15 is 0 Å². The first-order valence-corrected chi connectivity index (χ1v) is 12.6. The van der Waals surface area contributed by atoms with Gasteiger partial charge in [0.1, 0.15) is 11.5 Å². The van der Waals surface area contributed by atoms with Gasteiger partial charge in [0, 0.05) is 37.6 Å². The molecule has 1 aromatic heterocycles. The summed E-state index contributed by atoms with van der Waals surface area (Å²) in [6, 6.07) is 12.6. The molecule has 6 nitrogen and oxygen atoms in total. The summed E-state index contributed by atoms with van der Waals surface area (Å²) < 4.78 is 5.44. The third-order valence-corrected chi connectivity index (χ3v) is 7.64. The Bertz CT molecular complexity index is 1100. The SMILES string of the molecule is O=C1CC(c2ccco2)CC(O)=C1C=NC[C@@H]1c2ccccc2CCN1C(=S)NC1CCCC1. The van der Waals surface area contributed by atoms with Crippen molar-refractivity contribution in [1.82, 2.24) is 10.2 Å². The molecule has 0 bridgehead atoms. The lowest BCUT2D eigenvalue weighted by Gasteiger charge is -2.39. The molecule has 1 saturated carbocycles. The van der Waals surface area contributed by atoms with Crippen molar-refractivity contribution >= 4 is 29.3 Å². The van der Waals surface area contributed by atoms with Crippen LogP contribution in [0.5, 0.6) is 0 Å². The third-order valence-electron chi connectivity index (χ3n) is 7.28. The van der Waals surface area contributed by atoms with Gasteiger partial charge in [-0.1, -0.05) is 37.1 Å². The van der Waals surface area contributed by atoms with Crippen LogP contribution in [-0.2, 0) is 11.2 Å². The normalized spacial score (nSPS) is 23.5. The number of Topliss-reactive ketones (excluding diaryl/α,β-unsaturated/α-hetero) is 1. The monoisotopic (exact) mass is 477 g/mol. The molecule has 5 rings (SSSR count). The second-order valence-corrected chi connectivity index (χ2v) is 9.87. The molecule has 0 spiro atoms. The Labute approximate surface area is 205 Å². The van der Waals surface area contributed by atoms with E-state index in [2.05, 4.69) is 39.5 Å². The van der Waals surface area contributed by atoms with Crippen molar-refractivity contribution in [3.63, 3.8) is 0 Å². The number of nitrogens with one attached hydrogen (secondary N) is 1. The fraction of sp³-hybridized carbons (Fsp3) is 0.444. The van der Waals surface area contributed by atoms with E-state index in [0.717, 1.165) is 23.8 Å². The van der Waals surface area contributed by atoms with Gasteiger partial charge in [-0.3, -0.25) is 9.79 Å². The third kappa shape index (κ3) is 4.80. The van der Waals surface area contributed by atoms with Crippen molar-refractivity contribution in [2.75, 3.05) is 13.1 Å². The van der Waals surface area contributed by atoms with Crippen molar-refractivity contribution in [3.05, 3.63) is 70.9 Å². The number of allylic oxidation sites excluding steroid dienone is 2. The number of nitrogens with zero attached hydrogens (tertiary/aromatic N) is 2. The highest BCUT2D eigenvalue weighted by Crippen LogP contribution is 2.34. The molecular weight excluding hydrogens is 446 g/mol. The minimum atomic E-state index is -0.126. The zero-order valence-corrected chi connectivity index (χ0v) is 20.1. The summed E-state index contributed by atoms with van der Waals surface area (Å²) in [6.07, 6.45) is 9.64. The summed E-state index contributed by atoms with van der Waals surface area (Å²) in [5.41, 5.74) is 2.86. The van der Waals surface area contributed by atoms with E-state index < -0.39 is 0 Å². The molecule has 0 amide bonds. The Kier molecular flexibility index (Phi) is 6.81. The Hall–Kier alpha value is -2.93. The smallest absolute Gasteiger partial charge is 0.169 e. The lowest BCUT2D eigenvalue weighted by atomic mass is 9.86. The largest absolute Gasteiger partial charge is 0.511 e. The van der Waals surface area contributed by atoms with Crippen LogP contribution in [0.25, 0.3) is 0 Å². The molecule has 1 aromatic carbocycles. The number of aliphatic hydroxyl groups excluding tert-OH is 1. The van der Waals surface area contributed by atoms with E-state index in [0.29, 0.717) is 31.0 Å². The van der Waals surface area contributed by atoms with Gasteiger partial charge in [-0.25, -0.2) is 0 Å². The number of hydrogen-bond donors (Lipinski definition) is 2. The van der Waals surface area contributed by atoms with Gasteiger partial charge in [0.25, 0.3) is 0 Å². The summed E-state index contributed by atoms with van der Waals surface area (Å²) in [5.74, 6) is 0.585. The number of aliphatic hydroxyl groups is 1. The highest BCUT2D eigenvalue weighted by Gasteiger charge is 2.31. The Morgan fingerprint density at radius 1 is 1.21 bits per heavy atom. The summed E-state index contributed by atoms with van der Waals surface area (Å²) in [6.45, 7) is 1.31. The second kappa shape index (κ2) is 10.1. The van der Waals surface area contributed by atoms with Crippen LogP contribution in [-0.4, -0.2) is 46.2 Å². The van der Waals surface area contributed by atoms with Crippen LogP contribution < -0.4 is 5.32 Å². The van der Waals surface area contributed by atoms with Crippen LogP contribution in [0.3, 0.4) is 0 Å². The number of benzene rings is 1. The van der Waals surface area contributed by atoms with E-state index in [1.54, 1.807) is 18.5 Å². The average molecular weight is 478 g/mol. The van der Waals surface area contributed by atoms with Crippen LogP contribution in [0.15, 0.2) is 63.4 Å². The molecule has 2 N–H and O–H groups in total. The molecule has 1 fully saturated rings. The predicted molar refractivity (Wildman–Crippen MR) is 136 cm³/mol. The lowest BCUT2D eigenvalue weighted by Crippen LogP contribution is -2.48. The zero-order chi connectivity index (χ0) is 23.5. The van der Waals surface area contributed by atoms with E-state index in [-0.39, 0.29) is 23.5 Å². The van der Waals surface area contributed by atoms with Crippen molar-refractivity contribution in [1.29, 1.82) is 0 Å². The number of rotatable bonds is 5.